The molecule has 194 valence electrons. The Morgan fingerprint density at radius 3 is 2.30 bits per heavy atom. The Kier molecular flexibility index (Phi) is 6.96. The molecule has 2 N–H and O–H groups in total. The Bertz CT molecular complexity index is 1270. The summed E-state index contributed by atoms with van der Waals surface area (Å²) in [7, 11) is 3.19. The van der Waals surface area contributed by atoms with Gasteiger partial charge < -0.3 is 24.6 Å². The fourth-order valence-electron chi connectivity index (χ4n) is 5.87. The number of dihydropyridines is 1. The Hall–Kier alpha value is -3.74. The third-order valence-corrected chi connectivity index (χ3v) is 7.73. The van der Waals surface area contributed by atoms with Gasteiger partial charge in [0.2, 0.25) is 0 Å². The number of hydrogen-bond donors (Lipinski definition) is 2. The number of nitrogens with one attached hydrogen (secondary N) is 1. The molecule has 0 amide bonds. The first-order valence-electron chi connectivity index (χ1n) is 12.9. The minimum absolute atomic E-state index is 0.00900. The van der Waals surface area contributed by atoms with Crippen LogP contribution in [0.25, 0.3) is 0 Å². The number of phenols is 1. The molecule has 1 aliphatic heterocycles. The second kappa shape index (κ2) is 10.3. The van der Waals surface area contributed by atoms with Gasteiger partial charge in [0.25, 0.3) is 0 Å². The summed E-state index contributed by atoms with van der Waals surface area (Å²) in [6.07, 6.45) is 4.70. The number of phenolic OH excluding ortho intramolecular Hbond substituents is 1. The number of hydrogen-bond acceptors (Lipinski definition) is 7. The molecular formula is C30H33NO6. The van der Waals surface area contributed by atoms with Gasteiger partial charge in [0.05, 0.1) is 19.8 Å². The Morgan fingerprint density at radius 2 is 1.62 bits per heavy atom. The Morgan fingerprint density at radius 1 is 0.946 bits per heavy atom. The number of methoxy groups -OCH3 is 2. The molecule has 1 saturated carbocycles. The van der Waals surface area contributed by atoms with Gasteiger partial charge in [0.1, 0.15) is 11.9 Å². The number of esters is 1. The smallest absolute Gasteiger partial charge is 0.337 e. The van der Waals surface area contributed by atoms with Crippen LogP contribution in [0.3, 0.4) is 0 Å². The van der Waals surface area contributed by atoms with E-state index in [4.69, 9.17) is 14.2 Å². The summed E-state index contributed by atoms with van der Waals surface area (Å²) in [5, 5.41) is 13.3. The van der Waals surface area contributed by atoms with Crippen molar-refractivity contribution in [2.75, 3.05) is 14.2 Å². The zero-order chi connectivity index (χ0) is 26.1. The van der Waals surface area contributed by atoms with Crippen LogP contribution in [0.4, 0.5) is 0 Å². The van der Waals surface area contributed by atoms with Gasteiger partial charge in [-0.05, 0) is 80.3 Å². The van der Waals surface area contributed by atoms with Crippen LogP contribution < -0.4 is 14.8 Å². The molecule has 1 heterocycles. The van der Waals surface area contributed by atoms with Crippen molar-refractivity contribution in [2.24, 2.45) is 0 Å². The normalized spacial score (nSPS) is 22.0. The molecular weight excluding hydrogens is 470 g/mol. The number of ketones is 1. The summed E-state index contributed by atoms with van der Waals surface area (Å²) in [5.41, 5.74) is 4.36. The van der Waals surface area contributed by atoms with E-state index in [9.17, 15) is 14.7 Å². The second-order valence-corrected chi connectivity index (χ2v) is 10.0. The zero-order valence-electron chi connectivity index (χ0n) is 21.5. The summed E-state index contributed by atoms with van der Waals surface area (Å²) in [5.74, 6) is 0.413. The number of rotatable bonds is 6. The van der Waals surface area contributed by atoms with Crippen LogP contribution in [-0.2, 0) is 14.3 Å². The monoisotopic (exact) mass is 503 g/mol. The molecule has 2 atom stereocenters. The van der Waals surface area contributed by atoms with Crippen LogP contribution in [0.15, 0.2) is 65.0 Å². The number of allylic oxidation sites excluding steroid dienone is 3. The lowest BCUT2D eigenvalue weighted by Gasteiger charge is -2.37. The summed E-state index contributed by atoms with van der Waals surface area (Å²) < 4.78 is 16.8. The van der Waals surface area contributed by atoms with E-state index >= 15 is 0 Å². The maximum Gasteiger partial charge on any atom is 0.337 e. The van der Waals surface area contributed by atoms with Gasteiger partial charge in [-0.15, -0.1) is 0 Å². The molecule has 7 heteroatoms. The zero-order valence-corrected chi connectivity index (χ0v) is 21.5. The predicted octanol–water partition coefficient (Wildman–Crippen LogP) is 5.26. The van der Waals surface area contributed by atoms with Crippen LogP contribution in [0.1, 0.15) is 68.4 Å². The topological polar surface area (TPSA) is 94.1 Å². The van der Waals surface area contributed by atoms with Crippen LogP contribution >= 0.6 is 0 Å². The molecule has 0 radical (unpaired) electrons. The predicted molar refractivity (Wildman–Crippen MR) is 139 cm³/mol. The van der Waals surface area contributed by atoms with Crippen molar-refractivity contribution in [3.05, 3.63) is 76.1 Å². The van der Waals surface area contributed by atoms with Crippen molar-refractivity contribution in [3.63, 3.8) is 0 Å². The number of benzene rings is 2. The van der Waals surface area contributed by atoms with Crippen molar-refractivity contribution in [1.82, 2.24) is 5.32 Å². The number of aromatic hydroxyl groups is 1. The molecule has 5 rings (SSSR count). The number of carbonyl (C=O) groups excluding carboxylic acids is 2. The molecule has 0 aromatic heterocycles. The lowest BCUT2D eigenvalue weighted by molar-refractivity contribution is -0.144. The van der Waals surface area contributed by atoms with Crippen LogP contribution in [0, 0.1) is 0 Å². The number of ether oxygens (including phenoxy) is 3. The van der Waals surface area contributed by atoms with Gasteiger partial charge in [-0.2, -0.15) is 0 Å². The summed E-state index contributed by atoms with van der Waals surface area (Å²) in [6, 6.07) is 12.5. The largest absolute Gasteiger partial charge is 0.508 e. The molecule has 7 nitrogen and oxygen atoms in total. The third-order valence-electron chi connectivity index (χ3n) is 7.73. The highest BCUT2D eigenvalue weighted by Crippen LogP contribution is 2.47. The van der Waals surface area contributed by atoms with Crippen LogP contribution in [0.2, 0.25) is 0 Å². The summed E-state index contributed by atoms with van der Waals surface area (Å²) in [6.45, 7) is 1.87. The Balaban J connectivity index is 1.52. The van der Waals surface area contributed by atoms with Crippen LogP contribution in [-0.4, -0.2) is 37.2 Å². The van der Waals surface area contributed by atoms with Crippen LogP contribution in [0.5, 0.6) is 17.2 Å². The van der Waals surface area contributed by atoms with Gasteiger partial charge in [0, 0.05) is 29.3 Å². The first-order chi connectivity index (χ1) is 17.9. The van der Waals surface area contributed by atoms with Crippen molar-refractivity contribution in [3.8, 4) is 17.2 Å². The highest BCUT2D eigenvalue weighted by Gasteiger charge is 2.42. The van der Waals surface area contributed by atoms with Gasteiger partial charge >= 0.3 is 5.97 Å². The maximum absolute atomic E-state index is 13.8. The molecule has 2 aromatic carbocycles. The molecule has 3 aliphatic rings. The van der Waals surface area contributed by atoms with Gasteiger partial charge in [-0.3, -0.25) is 4.79 Å². The lowest BCUT2D eigenvalue weighted by atomic mass is 9.71. The highest BCUT2D eigenvalue weighted by molar-refractivity contribution is 6.04. The fraction of sp³-hybridized carbons (Fsp3) is 0.400. The van der Waals surface area contributed by atoms with E-state index in [2.05, 4.69) is 5.32 Å². The van der Waals surface area contributed by atoms with E-state index in [1.54, 1.807) is 38.5 Å². The molecule has 2 aromatic rings. The SMILES string of the molecule is COc1ccc([C@H]2CC(=O)C3=C(C2)NC(C)=C(C(=O)OC2CCCC2)[C@@H]3c2ccc(O)cc2)cc1OC. The molecule has 0 unspecified atom stereocenters. The van der Waals surface area contributed by atoms with E-state index < -0.39 is 5.92 Å². The molecule has 0 saturated heterocycles. The fourth-order valence-corrected chi connectivity index (χ4v) is 5.87. The van der Waals surface area contributed by atoms with E-state index in [1.165, 1.54) is 0 Å². The quantitative estimate of drug-likeness (QED) is 0.520. The minimum Gasteiger partial charge on any atom is -0.508 e. The van der Waals surface area contributed by atoms with E-state index in [-0.39, 0.29) is 29.5 Å². The van der Waals surface area contributed by atoms with Gasteiger partial charge in [0.15, 0.2) is 17.3 Å². The lowest BCUT2D eigenvalue weighted by Crippen LogP contribution is -2.36. The average Bonchev–Trinajstić information content (AvgIpc) is 3.40. The van der Waals surface area contributed by atoms with E-state index in [0.717, 1.165) is 42.5 Å². The van der Waals surface area contributed by atoms with E-state index in [1.807, 2.05) is 25.1 Å². The molecule has 37 heavy (non-hydrogen) atoms. The maximum atomic E-state index is 13.8. The van der Waals surface area contributed by atoms with E-state index in [0.29, 0.717) is 41.2 Å². The first kappa shape index (κ1) is 24.9. The number of carbonyl (C=O) groups is 2. The minimum atomic E-state index is -0.551. The summed E-state index contributed by atoms with van der Waals surface area (Å²) in [4.78, 5) is 27.3. The van der Waals surface area contributed by atoms with Crippen molar-refractivity contribution < 1.29 is 28.9 Å². The Labute approximate surface area is 217 Å². The molecule has 0 spiro atoms. The molecule has 1 fully saturated rings. The van der Waals surface area contributed by atoms with Crippen molar-refractivity contribution >= 4 is 11.8 Å². The average molecular weight is 504 g/mol. The van der Waals surface area contributed by atoms with Gasteiger partial charge in [-0.1, -0.05) is 18.2 Å². The molecule has 0 bridgehead atoms. The highest BCUT2D eigenvalue weighted by atomic mass is 16.5. The van der Waals surface area contributed by atoms with Crippen molar-refractivity contribution in [2.45, 2.75) is 63.4 Å². The molecule has 2 aliphatic carbocycles. The second-order valence-electron chi connectivity index (χ2n) is 10.0. The third kappa shape index (κ3) is 4.82. The van der Waals surface area contributed by atoms with Gasteiger partial charge in [-0.25, -0.2) is 4.79 Å². The van der Waals surface area contributed by atoms with Crippen molar-refractivity contribution in [1.29, 1.82) is 0 Å². The standard InChI is InChI=1S/C30H33NO6/c1-17-27(30(34)37-22-6-4-5-7-22)28(18-8-11-21(32)12-9-18)29-23(31-17)14-20(15-24(29)33)19-10-13-25(35-2)26(16-19)36-3/h8-13,16,20,22,28,31-32H,4-7,14-15H2,1-3H3/t20-,28+/m1/s1. The summed E-state index contributed by atoms with van der Waals surface area (Å²) >= 11 is 0. The first-order valence-corrected chi connectivity index (χ1v) is 12.9. The number of Topliss-reactive ketones (excluding diaryl/α,β-unsaturated/α-hetero) is 1.